The minimum Gasteiger partial charge on any atom is -0.325 e. The van der Waals surface area contributed by atoms with Crippen LogP contribution in [0.2, 0.25) is 0 Å². The quantitative estimate of drug-likeness (QED) is 0.795. The van der Waals surface area contributed by atoms with Crippen LogP contribution in [0.15, 0.2) is 46.7 Å². The summed E-state index contributed by atoms with van der Waals surface area (Å²) in [6, 6.07) is 5.72. The van der Waals surface area contributed by atoms with Crippen molar-refractivity contribution in [3.8, 4) is 0 Å². The molecule has 1 unspecified atom stereocenters. The highest BCUT2D eigenvalue weighted by atomic mass is 35.5. The van der Waals surface area contributed by atoms with E-state index >= 15 is 0 Å². The molecule has 1 amide bonds. The molecule has 5 nitrogen and oxygen atoms in total. The Hall–Kier alpha value is -2.40. The predicted molar refractivity (Wildman–Crippen MR) is 80.1 cm³/mol. The van der Waals surface area contributed by atoms with Crippen LogP contribution < -0.4 is 5.32 Å². The minimum atomic E-state index is -0.0636. The van der Waals surface area contributed by atoms with Crippen molar-refractivity contribution >= 4 is 34.6 Å². The molecule has 0 saturated carbocycles. The van der Waals surface area contributed by atoms with E-state index in [0.717, 1.165) is 34.3 Å². The fraction of sp³-hybridized carbons (Fsp3) is 0.133. The number of aromatic nitrogens is 3. The average molecular weight is 299 g/mol. The number of carbonyl (C=O) groups is 1. The van der Waals surface area contributed by atoms with E-state index in [0.29, 0.717) is 5.03 Å². The number of hydrogen-bond acceptors (Lipinski definition) is 3. The zero-order chi connectivity index (χ0) is 14.4. The number of allylic oxidation sites excluding steroid dienone is 4. The average Bonchev–Trinajstić information content (AvgIpc) is 3.03. The van der Waals surface area contributed by atoms with Crippen LogP contribution in [-0.2, 0) is 4.79 Å². The van der Waals surface area contributed by atoms with Gasteiger partial charge in [-0.2, -0.15) is 15.4 Å². The normalized spacial score (nSPS) is 23.0. The summed E-state index contributed by atoms with van der Waals surface area (Å²) in [6.07, 6.45) is 6.39. The molecule has 2 heterocycles. The smallest absolute Gasteiger partial charge is 0.252 e. The van der Waals surface area contributed by atoms with Gasteiger partial charge in [-0.25, -0.2) is 0 Å². The first kappa shape index (κ1) is 12.3. The highest BCUT2D eigenvalue weighted by Crippen LogP contribution is 2.35. The van der Waals surface area contributed by atoms with Crippen molar-refractivity contribution in [2.75, 3.05) is 0 Å². The van der Waals surface area contributed by atoms with Crippen molar-refractivity contribution in [2.45, 2.75) is 6.42 Å². The number of rotatable bonds is 1. The molecule has 0 bridgehead atoms. The molecule has 1 saturated heterocycles. The number of benzene rings is 1. The second kappa shape index (κ2) is 4.56. The van der Waals surface area contributed by atoms with Crippen molar-refractivity contribution in [1.82, 2.24) is 20.7 Å². The summed E-state index contributed by atoms with van der Waals surface area (Å²) >= 11 is 5.99. The van der Waals surface area contributed by atoms with Crippen LogP contribution in [0.25, 0.3) is 17.1 Å². The van der Waals surface area contributed by atoms with E-state index in [4.69, 9.17) is 11.6 Å². The second-order valence-corrected chi connectivity index (χ2v) is 5.54. The first-order valence-corrected chi connectivity index (χ1v) is 6.99. The molecule has 1 aromatic carbocycles. The fourth-order valence-electron chi connectivity index (χ4n) is 2.74. The van der Waals surface area contributed by atoms with Gasteiger partial charge in [0.25, 0.3) is 5.91 Å². The van der Waals surface area contributed by atoms with Crippen LogP contribution in [0.3, 0.4) is 0 Å². The SMILES string of the molecule is O=C1NC2=CC(Cl)=CCC2/C1=C\c1ccc2n[nH]nc2c1. The van der Waals surface area contributed by atoms with Crippen molar-refractivity contribution in [2.24, 2.45) is 5.92 Å². The van der Waals surface area contributed by atoms with E-state index in [-0.39, 0.29) is 11.8 Å². The molecular formula is C15H11ClN4O. The van der Waals surface area contributed by atoms with Gasteiger partial charge < -0.3 is 5.32 Å². The van der Waals surface area contributed by atoms with Gasteiger partial charge in [0.2, 0.25) is 0 Å². The predicted octanol–water partition coefficient (Wildman–Crippen LogP) is 2.50. The second-order valence-electron chi connectivity index (χ2n) is 5.10. The van der Waals surface area contributed by atoms with Crippen molar-refractivity contribution in [3.05, 3.63) is 52.2 Å². The molecule has 4 rings (SSSR count). The van der Waals surface area contributed by atoms with Crippen molar-refractivity contribution in [1.29, 1.82) is 0 Å². The molecule has 0 spiro atoms. The molecule has 1 fully saturated rings. The molecule has 2 N–H and O–H groups in total. The van der Waals surface area contributed by atoms with Crippen LogP contribution >= 0.6 is 11.6 Å². The number of halogens is 1. The lowest BCUT2D eigenvalue weighted by molar-refractivity contribution is -0.115. The van der Waals surface area contributed by atoms with E-state index in [1.54, 1.807) is 0 Å². The monoisotopic (exact) mass is 298 g/mol. The number of hydrogen-bond donors (Lipinski definition) is 2. The summed E-state index contributed by atoms with van der Waals surface area (Å²) < 4.78 is 0. The van der Waals surface area contributed by atoms with E-state index in [1.807, 2.05) is 36.4 Å². The maximum absolute atomic E-state index is 12.1. The fourth-order valence-corrected chi connectivity index (χ4v) is 2.94. The first-order valence-electron chi connectivity index (χ1n) is 6.61. The Morgan fingerprint density at radius 2 is 2.14 bits per heavy atom. The molecule has 1 aliphatic carbocycles. The number of H-pyrrole nitrogens is 1. The number of nitrogens with zero attached hydrogens (tertiary/aromatic N) is 2. The van der Waals surface area contributed by atoms with E-state index in [2.05, 4.69) is 20.7 Å². The standard InChI is InChI=1S/C15H11ClN4O/c16-9-2-3-10-11(15(21)17-13(10)7-9)5-8-1-4-12-14(6-8)19-20-18-12/h1-2,4-7,10H,3H2,(H,17,21)(H,18,19,20)/b11-5+. The summed E-state index contributed by atoms with van der Waals surface area (Å²) in [5.41, 5.74) is 4.15. The van der Waals surface area contributed by atoms with E-state index < -0.39 is 0 Å². The topological polar surface area (TPSA) is 70.7 Å². The van der Waals surface area contributed by atoms with Crippen molar-refractivity contribution < 1.29 is 4.79 Å². The summed E-state index contributed by atoms with van der Waals surface area (Å²) in [5, 5.41) is 14.2. The Kier molecular flexibility index (Phi) is 2.68. The third kappa shape index (κ3) is 2.06. The van der Waals surface area contributed by atoms with Gasteiger partial charge in [0.1, 0.15) is 11.0 Å². The number of carbonyl (C=O) groups excluding carboxylic acids is 1. The number of fused-ring (bicyclic) bond motifs is 2. The summed E-state index contributed by atoms with van der Waals surface area (Å²) in [6.45, 7) is 0. The van der Waals surface area contributed by atoms with Crippen LogP contribution in [-0.4, -0.2) is 21.3 Å². The number of amides is 1. The summed E-state index contributed by atoms with van der Waals surface area (Å²) in [5.74, 6) is -0.000674. The molecule has 1 aliphatic heterocycles. The van der Waals surface area contributed by atoms with Gasteiger partial charge >= 0.3 is 0 Å². The third-order valence-corrected chi connectivity index (χ3v) is 4.04. The molecule has 1 aromatic heterocycles. The Bertz CT molecular complexity index is 846. The van der Waals surface area contributed by atoms with Crippen LogP contribution in [0.1, 0.15) is 12.0 Å². The lowest BCUT2D eigenvalue weighted by Gasteiger charge is -2.13. The molecular weight excluding hydrogens is 288 g/mol. The lowest BCUT2D eigenvalue weighted by Crippen LogP contribution is -2.13. The zero-order valence-corrected chi connectivity index (χ0v) is 11.7. The maximum atomic E-state index is 12.1. The summed E-state index contributed by atoms with van der Waals surface area (Å²) in [4.78, 5) is 12.1. The largest absolute Gasteiger partial charge is 0.325 e. The lowest BCUT2D eigenvalue weighted by atomic mass is 9.91. The third-order valence-electron chi connectivity index (χ3n) is 3.78. The highest BCUT2D eigenvalue weighted by molar-refractivity contribution is 6.31. The Morgan fingerprint density at radius 3 is 3.05 bits per heavy atom. The van der Waals surface area contributed by atoms with Gasteiger partial charge in [0, 0.05) is 22.2 Å². The molecule has 2 aromatic rings. The number of aromatic amines is 1. The van der Waals surface area contributed by atoms with Crippen LogP contribution in [0, 0.1) is 5.92 Å². The number of nitrogens with one attached hydrogen (secondary N) is 2. The molecule has 6 heteroatoms. The van der Waals surface area contributed by atoms with Gasteiger partial charge in [-0.3, -0.25) is 4.79 Å². The Balaban J connectivity index is 1.75. The Labute approximate surface area is 125 Å². The molecule has 0 radical (unpaired) electrons. The Morgan fingerprint density at radius 1 is 1.29 bits per heavy atom. The van der Waals surface area contributed by atoms with Gasteiger partial charge in [-0.15, -0.1) is 0 Å². The van der Waals surface area contributed by atoms with Gasteiger partial charge in [0.15, 0.2) is 0 Å². The molecule has 104 valence electrons. The van der Waals surface area contributed by atoms with Gasteiger partial charge in [-0.1, -0.05) is 23.7 Å². The van der Waals surface area contributed by atoms with E-state index in [9.17, 15) is 4.79 Å². The summed E-state index contributed by atoms with van der Waals surface area (Å²) in [7, 11) is 0. The van der Waals surface area contributed by atoms with Crippen LogP contribution in [0.5, 0.6) is 0 Å². The first-order chi connectivity index (χ1) is 10.2. The van der Waals surface area contributed by atoms with Gasteiger partial charge in [0.05, 0.1) is 0 Å². The van der Waals surface area contributed by atoms with E-state index in [1.165, 1.54) is 0 Å². The minimum absolute atomic E-state index is 0.0630. The maximum Gasteiger partial charge on any atom is 0.252 e. The highest BCUT2D eigenvalue weighted by Gasteiger charge is 2.33. The van der Waals surface area contributed by atoms with Crippen molar-refractivity contribution in [3.63, 3.8) is 0 Å². The zero-order valence-electron chi connectivity index (χ0n) is 10.9. The van der Waals surface area contributed by atoms with Crippen LogP contribution in [0.4, 0.5) is 0 Å². The molecule has 1 atom stereocenters. The van der Waals surface area contributed by atoms with Gasteiger partial charge in [-0.05, 0) is 36.3 Å². The molecule has 21 heavy (non-hydrogen) atoms. The molecule has 2 aliphatic rings.